The first-order valence-electron chi connectivity index (χ1n) is 11.6. The number of amides is 2. The van der Waals surface area contributed by atoms with E-state index in [1.54, 1.807) is 17.3 Å². The zero-order valence-electron chi connectivity index (χ0n) is 20.7. The van der Waals surface area contributed by atoms with Gasteiger partial charge in [-0.2, -0.15) is 13.2 Å². The van der Waals surface area contributed by atoms with Crippen LogP contribution < -0.4 is 0 Å². The van der Waals surface area contributed by atoms with Crippen LogP contribution in [0.5, 0.6) is 0 Å². The van der Waals surface area contributed by atoms with Crippen molar-refractivity contribution in [2.24, 2.45) is 5.92 Å². The number of aromatic nitrogens is 4. The molecule has 202 valence electrons. The molecule has 0 atom stereocenters. The van der Waals surface area contributed by atoms with Crippen LogP contribution in [-0.4, -0.2) is 85.5 Å². The first-order valence-corrected chi connectivity index (χ1v) is 11.6. The number of hydrogen-bond donors (Lipinski definition) is 1. The highest BCUT2D eigenvalue weighted by Gasteiger charge is 2.46. The molecule has 0 saturated carbocycles. The largest absolute Gasteiger partial charge is 0.490 e. The van der Waals surface area contributed by atoms with E-state index >= 15 is 0 Å². The van der Waals surface area contributed by atoms with Crippen molar-refractivity contribution >= 4 is 18.0 Å². The van der Waals surface area contributed by atoms with Gasteiger partial charge in [0, 0.05) is 44.0 Å². The third-order valence-electron chi connectivity index (χ3n) is 6.25. The molecule has 2 amide bonds. The number of likely N-dealkylation sites (tertiary alicyclic amines) is 1. The molecular formula is C23H29F3N6O5. The zero-order valence-corrected chi connectivity index (χ0v) is 20.7. The Morgan fingerprint density at radius 1 is 1.16 bits per heavy atom. The van der Waals surface area contributed by atoms with Gasteiger partial charge in [-0.1, -0.05) is 13.8 Å². The molecule has 14 heteroatoms. The fourth-order valence-corrected chi connectivity index (χ4v) is 4.54. The Bertz CT molecular complexity index is 1110. The highest BCUT2D eigenvalue weighted by molar-refractivity contribution is 5.76. The molecule has 0 aliphatic carbocycles. The molecule has 1 N–H and O–H groups in total. The molecule has 4 rings (SSSR count). The van der Waals surface area contributed by atoms with Crippen molar-refractivity contribution in [1.29, 1.82) is 0 Å². The second-order valence-electron chi connectivity index (χ2n) is 9.35. The Kier molecular flexibility index (Phi) is 8.39. The van der Waals surface area contributed by atoms with Crippen LogP contribution >= 0.6 is 0 Å². The van der Waals surface area contributed by atoms with Crippen molar-refractivity contribution in [3.05, 3.63) is 30.4 Å². The minimum atomic E-state index is -5.08. The molecule has 0 aromatic carbocycles. The van der Waals surface area contributed by atoms with Gasteiger partial charge in [0.2, 0.25) is 5.91 Å². The number of piperidine rings is 1. The first kappa shape index (κ1) is 27.9. The summed E-state index contributed by atoms with van der Waals surface area (Å²) in [6, 6.07) is 3.84. The van der Waals surface area contributed by atoms with Crippen molar-refractivity contribution in [3.8, 4) is 11.4 Å². The number of methoxy groups -OCH3 is 1. The molecule has 1 fully saturated rings. The van der Waals surface area contributed by atoms with Gasteiger partial charge in [0.25, 0.3) is 0 Å². The van der Waals surface area contributed by atoms with Gasteiger partial charge in [0.1, 0.15) is 0 Å². The third kappa shape index (κ3) is 6.35. The number of carboxylic acids is 1. The fourth-order valence-electron chi connectivity index (χ4n) is 4.54. The van der Waals surface area contributed by atoms with Gasteiger partial charge in [0.05, 0.1) is 19.2 Å². The molecular weight excluding hydrogens is 497 g/mol. The minimum absolute atomic E-state index is 0.192. The summed E-state index contributed by atoms with van der Waals surface area (Å²) in [7, 11) is 1.39. The quantitative estimate of drug-likeness (QED) is 0.646. The summed E-state index contributed by atoms with van der Waals surface area (Å²) in [4.78, 5) is 41.7. The average Bonchev–Trinajstić information content (AvgIpc) is 3.29. The van der Waals surface area contributed by atoms with Gasteiger partial charge >= 0.3 is 18.2 Å². The Balaban J connectivity index is 0.000000479. The number of aliphatic carboxylic acids is 1. The van der Waals surface area contributed by atoms with E-state index in [0.29, 0.717) is 38.5 Å². The van der Waals surface area contributed by atoms with E-state index < -0.39 is 12.1 Å². The summed E-state index contributed by atoms with van der Waals surface area (Å²) >= 11 is 0. The van der Waals surface area contributed by atoms with Gasteiger partial charge < -0.3 is 19.3 Å². The van der Waals surface area contributed by atoms with Crippen LogP contribution in [-0.2, 0) is 26.4 Å². The van der Waals surface area contributed by atoms with E-state index in [1.165, 1.54) is 7.11 Å². The van der Waals surface area contributed by atoms with Crippen LogP contribution in [0.2, 0.25) is 0 Å². The lowest BCUT2D eigenvalue weighted by atomic mass is 9.84. The standard InChI is InChI=1S/C21H28N6O3.C2HF3O2/c1-15(2)11-18(28)25-9-6-21(7-10-25)14-26(20(29)30-3)13-17-23-24-19(27(17)21)16-5-4-8-22-12-16;3-2(4,5)1(6)7/h4-5,8,12,15H,6-7,9-11,13-14H2,1-3H3;(H,6,7). The molecule has 0 bridgehead atoms. The van der Waals surface area contributed by atoms with Gasteiger partial charge in [-0.25, -0.2) is 9.59 Å². The van der Waals surface area contributed by atoms with Crippen molar-refractivity contribution in [1.82, 2.24) is 29.5 Å². The minimum Gasteiger partial charge on any atom is -0.475 e. The van der Waals surface area contributed by atoms with Crippen molar-refractivity contribution in [2.75, 3.05) is 26.7 Å². The van der Waals surface area contributed by atoms with Crippen LogP contribution in [0.1, 0.15) is 38.9 Å². The second kappa shape index (κ2) is 11.1. The number of ether oxygens (including phenoxy) is 1. The molecule has 2 aromatic heterocycles. The summed E-state index contributed by atoms with van der Waals surface area (Å²) < 4.78 is 38.9. The van der Waals surface area contributed by atoms with Crippen LogP contribution in [0.4, 0.5) is 18.0 Å². The topological polar surface area (TPSA) is 131 Å². The SMILES string of the molecule is COC(=O)N1Cc2nnc(-c3cccnc3)n2C2(CCN(C(=O)CC(C)C)CC2)C1.O=C(O)C(F)(F)F. The van der Waals surface area contributed by atoms with E-state index in [1.807, 2.05) is 17.0 Å². The van der Waals surface area contributed by atoms with Gasteiger partial charge in [-0.15, -0.1) is 10.2 Å². The summed E-state index contributed by atoms with van der Waals surface area (Å²) in [6.07, 6.45) is 0.0550. The van der Waals surface area contributed by atoms with Crippen LogP contribution in [0.15, 0.2) is 24.5 Å². The smallest absolute Gasteiger partial charge is 0.475 e. The maximum absolute atomic E-state index is 12.6. The molecule has 0 radical (unpaired) electrons. The van der Waals surface area contributed by atoms with Crippen molar-refractivity contribution < 1.29 is 37.4 Å². The molecule has 1 saturated heterocycles. The van der Waals surface area contributed by atoms with Gasteiger partial charge in [0.15, 0.2) is 11.6 Å². The maximum Gasteiger partial charge on any atom is 0.490 e. The summed E-state index contributed by atoms with van der Waals surface area (Å²) in [5, 5.41) is 16.0. The Morgan fingerprint density at radius 3 is 2.32 bits per heavy atom. The number of alkyl halides is 3. The number of pyridine rings is 1. The fraction of sp³-hybridized carbons (Fsp3) is 0.565. The number of nitrogens with zero attached hydrogens (tertiary/aromatic N) is 6. The third-order valence-corrected chi connectivity index (χ3v) is 6.25. The highest BCUT2D eigenvalue weighted by atomic mass is 19.4. The lowest BCUT2D eigenvalue weighted by molar-refractivity contribution is -0.192. The molecule has 2 aliphatic heterocycles. The normalized spacial score (nSPS) is 16.6. The Morgan fingerprint density at radius 2 is 1.81 bits per heavy atom. The zero-order chi connectivity index (χ0) is 27.4. The molecule has 1 spiro atoms. The van der Waals surface area contributed by atoms with Crippen LogP contribution in [0.3, 0.4) is 0 Å². The van der Waals surface area contributed by atoms with Gasteiger partial charge in [-0.3, -0.25) is 14.7 Å². The number of carbonyl (C=O) groups is 3. The summed E-state index contributed by atoms with van der Waals surface area (Å²) in [6.45, 7) is 6.25. The molecule has 2 aromatic rings. The van der Waals surface area contributed by atoms with Crippen LogP contribution in [0, 0.1) is 5.92 Å². The van der Waals surface area contributed by atoms with E-state index in [0.717, 1.165) is 30.1 Å². The van der Waals surface area contributed by atoms with Gasteiger partial charge in [-0.05, 0) is 30.9 Å². The van der Waals surface area contributed by atoms with Crippen LogP contribution in [0.25, 0.3) is 11.4 Å². The molecule has 0 unspecified atom stereocenters. The summed E-state index contributed by atoms with van der Waals surface area (Å²) in [5.74, 6) is -0.749. The van der Waals surface area contributed by atoms with E-state index in [2.05, 4.69) is 33.6 Å². The first-order chi connectivity index (χ1) is 17.4. The predicted molar refractivity (Wildman–Crippen MR) is 123 cm³/mol. The van der Waals surface area contributed by atoms with E-state index in [4.69, 9.17) is 14.6 Å². The number of carbonyl (C=O) groups excluding carboxylic acids is 2. The number of rotatable bonds is 3. The maximum atomic E-state index is 12.6. The molecule has 11 nitrogen and oxygen atoms in total. The number of carboxylic acid groups (broad SMARTS) is 1. The number of fused-ring (bicyclic) bond motifs is 2. The molecule has 2 aliphatic rings. The van der Waals surface area contributed by atoms with E-state index in [9.17, 15) is 22.8 Å². The van der Waals surface area contributed by atoms with E-state index in [-0.39, 0.29) is 17.5 Å². The van der Waals surface area contributed by atoms with Crippen molar-refractivity contribution in [3.63, 3.8) is 0 Å². The highest BCUT2D eigenvalue weighted by Crippen LogP contribution is 2.39. The Labute approximate surface area is 211 Å². The Hall–Kier alpha value is -3.71. The predicted octanol–water partition coefficient (Wildman–Crippen LogP) is 2.92. The lowest BCUT2D eigenvalue weighted by Crippen LogP contribution is -2.57. The number of hydrogen-bond acceptors (Lipinski definition) is 7. The average molecular weight is 527 g/mol. The summed E-state index contributed by atoms with van der Waals surface area (Å²) in [5.41, 5.74) is 0.505. The number of halogens is 3. The molecule has 37 heavy (non-hydrogen) atoms. The monoisotopic (exact) mass is 526 g/mol. The lowest BCUT2D eigenvalue weighted by Gasteiger charge is -2.48. The second-order valence-corrected chi connectivity index (χ2v) is 9.35. The molecule has 4 heterocycles. The van der Waals surface area contributed by atoms with Crippen molar-refractivity contribution in [2.45, 2.75) is 51.4 Å².